The lowest BCUT2D eigenvalue weighted by molar-refractivity contribution is -0.121. The van der Waals surface area contributed by atoms with Crippen LogP contribution in [-0.4, -0.2) is 11.9 Å². The summed E-state index contributed by atoms with van der Waals surface area (Å²) in [6, 6.07) is 23.3. The number of nitrogens with zero attached hydrogens (tertiary/aromatic N) is 1. The zero-order chi connectivity index (χ0) is 19.0. The number of imide groups is 1. The van der Waals surface area contributed by atoms with Crippen molar-refractivity contribution >= 4 is 49.5 Å². The van der Waals surface area contributed by atoms with Crippen molar-refractivity contribution in [1.29, 1.82) is 0 Å². The van der Waals surface area contributed by atoms with Crippen LogP contribution >= 0.6 is 31.9 Å². The number of halogens is 2. The third-order valence-corrected chi connectivity index (χ3v) is 5.65. The molecule has 0 radical (unpaired) electrons. The van der Waals surface area contributed by atoms with Crippen molar-refractivity contribution in [3.63, 3.8) is 0 Å². The van der Waals surface area contributed by atoms with E-state index in [1.54, 1.807) is 24.3 Å². The summed E-state index contributed by atoms with van der Waals surface area (Å²) in [5, 5.41) is 2.94. The molecule has 3 aromatic carbocycles. The topological polar surface area (TPSA) is 49.4 Å². The molecular weight excluding hydrogens is 472 g/mol. The van der Waals surface area contributed by atoms with Gasteiger partial charge < -0.3 is 5.32 Å². The van der Waals surface area contributed by atoms with E-state index >= 15 is 0 Å². The summed E-state index contributed by atoms with van der Waals surface area (Å²) < 4.78 is 1.79. The van der Waals surface area contributed by atoms with E-state index in [9.17, 15) is 9.59 Å². The summed E-state index contributed by atoms with van der Waals surface area (Å²) in [6.07, 6.45) is 0. The number of anilines is 1. The zero-order valence-electron chi connectivity index (χ0n) is 14.0. The molecule has 1 aliphatic rings. The van der Waals surface area contributed by atoms with Gasteiger partial charge in [0.15, 0.2) is 5.54 Å². The van der Waals surface area contributed by atoms with Crippen molar-refractivity contribution in [2.45, 2.75) is 5.54 Å². The Labute approximate surface area is 173 Å². The van der Waals surface area contributed by atoms with Crippen LogP contribution in [0.4, 0.5) is 10.5 Å². The van der Waals surface area contributed by atoms with Crippen LogP contribution in [0.5, 0.6) is 0 Å². The van der Waals surface area contributed by atoms with Crippen molar-refractivity contribution in [3.05, 3.63) is 98.9 Å². The first-order valence-electron chi connectivity index (χ1n) is 8.26. The van der Waals surface area contributed by atoms with Crippen LogP contribution < -0.4 is 10.2 Å². The van der Waals surface area contributed by atoms with Crippen molar-refractivity contribution in [2.24, 2.45) is 0 Å². The summed E-state index contributed by atoms with van der Waals surface area (Å²) >= 11 is 6.85. The van der Waals surface area contributed by atoms with Gasteiger partial charge in [0.1, 0.15) is 0 Å². The molecule has 0 aliphatic carbocycles. The molecule has 4 nitrogen and oxygen atoms in total. The van der Waals surface area contributed by atoms with Crippen molar-refractivity contribution in [2.75, 3.05) is 4.90 Å². The minimum absolute atomic E-state index is 0.330. The average molecular weight is 486 g/mol. The molecule has 6 heteroatoms. The fourth-order valence-electron chi connectivity index (χ4n) is 3.30. The monoisotopic (exact) mass is 484 g/mol. The second-order valence-corrected chi connectivity index (χ2v) is 8.00. The average Bonchev–Trinajstić information content (AvgIpc) is 2.95. The second-order valence-electron chi connectivity index (χ2n) is 6.17. The van der Waals surface area contributed by atoms with Gasteiger partial charge in [-0.15, -0.1) is 0 Å². The van der Waals surface area contributed by atoms with E-state index in [4.69, 9.17) is 0 Å². The third kappa shape index (κ3) is 2.99. The molecule has 4 rings (SSSR count). The van der Waals surface area contributed by atoms with Gasteiger partial charge in [-0.25, -0.2) is 9.69 Å². The van der Waals surface area contributed by atoms with E-state index in [-0.39, 0.29) is 5.91 Å². The van der Waals surface area contributed by atoms with Gasteiger partial charge in [-0.2, -0.15) is 0 Å². The number of nitrogens with one attached hydrogen (secondary N) is 1. The molecule has 3 aromatic rings. The highest BCUT2D eigenvalue weighted by Crippen LogP contribution is 2.38. The summed E-state index contributed by atoms with van der Waals surface area (Å²) in [7, 11) is 0. The SMILES string of the molecule is O=C1NC(c2ccc(Br)cc2)(c2ccc(Br)cc2)C(=O)N1c1ccccc1. The van der Waals surface area contributed by atoms with Gasteiger partial charge in [0.2, 0.25) is 0 Å². The molecule has 0 saturated carbocycles. The molecule has 134 valence electrons. The number of amides is 3. The first kappa shape index (κ1) is 17.9. The molecule has 3 amide bonds. The number of para-hydroxylation sites is 1. The smallest absolute Gasteiger partial charge is 0.315 e. The normalized spacial score (nSPS) is 15.7. The maximum Gasteiger partial charge on any atom is 0.330 e. The van der Waals surface area contributed by atoms with Crippen LogP contribution in [0.2, 0.25) is 0 Å². The van der Waals surface area contributed by atoms with Gasteiger partial charge >= 0.3 is 6.03 Å². The van der Waals surface area contributed by atoms with Gasteiger partial charge in [0.25, 0.3) is 5.91 Å². The molecule has 1 heterocycles. The summed E-state index contributed by atoms with van der Waals surface area (Å²) in [5.41, 5.74) is 0.652. The number of hydrogen-bond donors (Lipinski definition) is 1. The van der Waals surface area contributed by atoms with Gasteiger partial charge in [0.05, 0.1) is 5.69 Å². The fourth-order valence-corrected chi connectivity index (χ4v) is 3.83. The number of rotatable bonds is 3. The van der Waals surface area contributed by atoms with Crippen LogP contribution in [0.3, 0.4) is 0 Å². The fraction of sp³-hybridized carbons (Fsp3) is 0.0476. The number of benzene rings is 3. The summed E-state index contributed by atoms with van der Waals surface area (Å²) in [5.74, 6) is -0.330. The lowest BCUT2D eigenvalue weighted by atomic mass is 9.82. The number of hydrogen-bond acceptors (Lipinski definition) is 2. The quantitative estimate of drug-likeness (QED) is 0.517. The Morgan fingerprint density at radius 2 is 1.19 bits per heavy atom. The van der Waals surface area contributed by atoms with Gasteiger partial charge in [0, 0.05) is 8.95 Å². The molecule has 1 aliphatic heterocycles. The molecule has 0 bridgehead atoms. The predicted molar refractivity (Wildman–Crippen MR) is 112 cm³/mol. The van der Waals surface area contributed by atoms with Crippen LogP contribution in [0.15, 0.2) is 87.8 Å². The molecule has 1 fully saturated rings. The van der Waals surface area contributed by atoms with Gasteiger partial charge in [-0.1, -0.05) is 74.3 Å². The third-order valence-electron chi connectivity index (χ3n) is 4.59. The van der Waals surface area contributed by atoms with Crippen molar-refractivity contribution in [3.8, 4) is 0 Å². The molecule has 0 atom stereocenters. The van der Waals surface area contributed by atoms with E-state index < -0.39 is 11.6 Å². The van der Waals surface area contributed by atoms with E-state index in [0.29, 0.717) is 16.8 Å². The Balaban J connectivity index is 1.91. The first-order valence-corrected chi connectivity index (χ1v) is 9.85. The van der Waals surface area contributed by atoms with Crippen molar-refractivity contribution in [1.82, 2.24) is 5.32 Å². The largest absolute Gasteiger partial charge is 0.330 e. The molecule has 0 aromatic heterocycles. The molecule has 1 N–H and O–H groups in total. The summed E-state index contributed by atoms with van der Waals surface area (Å²) in [4.78, 5) is 27.7. The highest BCUT2D eigenvalue weighted by atomic mass is 79.9. The highest BCUT2D eigenvalue weighted by molar-refractivity contribution is 9.10. The first-order chi connectivity index (χ1) is 13.0. The zero-order valence-corrected chi connectivity index (χ0v) is 17.2. The maximum absolute atomic E-state index is 13.6. The van der Waals surface area contributed by atoms with E-state index in [1.807, 2.05) is 54.6 Å². The molecule has 0 spiro atoms. The lowest BCUT2D eigenvalue weighted by Gasteiger charge is -2.28. The Morgan fingerprint density at radius 1 is 0.704 bits per heavy atom. The van der Waals surface area contributed by atoms with E-state index in [1.165, 1.54) is 4.90 Å². The molecule has 1 saturated heterocycles. The van der Waals surface area contributed by atoms with Crippen LogP contribution in [0.25, 0.3) is 0 Å². The second kappa shape index (κ2) is 6.94. The highest BCUT2D eigenvalue weighted by Gasteiger charge is 2.54. The number of urea groups is 1. The number of carbonyl (C=O) groups is 2. The van der Waals surface area contributed by atoms with Crippen molar-refractivity contribution < 1.29 is 9.59 Å². The minimum Gasteiger partial charge on any atom is -0.315 e. The maximum atomic E-state index is 13.6. The lowest BCUT2D eigenvalue weighted by Crippen LogP contribution is -2.45. The van der Waals surface area contributed by atoms with Crippen LogP contribution in [0, 0.1) is 0 Å². The van der Waals surface area contributed by atoms with E-state index in [0.717, 1.165) is 8.95 Å². The van der Waals surface area contributed by atoms with Gasteiger partial charge in [-0.05, 0) is 47.5 Å². The molecular formula is C21H14Br2N2O2. The van der Waals surface area contributed by atoms with Crippen LogP contribution in [-0.2, 0) is 10.3 Å². The Kier molecular flexibility index (Phi) is 4.61. The van der Waals surface area contributed by atoms with E-state index in [2.05, 4.69) is 37.2 Å². The molecule has 27 heavy (non-hydrogen) atoms. The Bertz CT molecular complexity index is 957. The summed E-state index contributed by atoms with van der Waals surface area (Å²) in [6.45, 7) is 0. The Morgan fingerprint density at radius 3 is 1.67 bits per heavy atom. The van der Waals surface area contributed by atoms with Gasteiger partial charge in [-0.3, -0.25) is 4.79 Å². The van der Waals surface area contributed by atoms with Crippen LogP contribution in [0.1, 0.15) is 11.1 Å². The standard InChI is InChI=1S/C21H14Br2N2O2/c22-16-10-6-14(7-11-16)21(15-8-12-17(23)13-9-15)19(26)25(20(27)24-21)18-4-2-1-3-5-18/h1-13H,(H,24,27). The Hall–Kier alpha value is -2.44. The molecule has 0 unspecified atom stereocenters. The number of carbonyl (C=O) groups excluding carboxylic acids is 2. The predicted octanol–water partition coefficient (Wildman–Crippen LogP) is 5.21. The minimum atomic E-state index is -1.28.